The number of benzene rings is 2. The molecule has 1 aliphatic heterocycles. The van der Waals surface area contributed by atoms with Crippen LogP contribution in [-0.2, 0) is 4.79 Å². The van der Waals surface area contributed by atoms with E-state index >= 15 is 0 Å². The molecule has 1 fully saturated rings. The van der Waals surface area contributed by atoms with Gasteiger partial charge in [0, 0.05) is 35.6 Å². The van der Waals surface area contributed by atoms with Crippen LogP contribution in [0.1, 0.15) is 21.6 Å². The zero-order chi connectivity index (χ0) is 22.5. The van der Waals surface area contributed by atoms with Crippen molar-refractivity contribution in [2.24, 2.45) is 0 Å². The summed E-state index contributed by atoms with van der Waals surface area (Å²) < 4.78 is 5.38. The first-order valence-electron chi connectivity index (χ1n) is 10.0. The highest BCUT2D eigenvalue weighted by Gasteiger charge is 2.28. The van der Waals surface area contributed by atoms with E-state index in [0.717, 1.165) is 5.69 Å². The van der Waals surface area contributed by atoms with Gasteiger partial charge >= 0.3 is 0 Å². The first-order valence-corrected chi connectivity index (χ1v) is 10.4. The second-order valence-electron chi connectivity index (χ2n) is 7.13. The Bertz CT molecular complexity index is 1200. The van der Waals surface area contributed by atoms with E-state index in [-0.39, 0.29) is 18.4 Å². The number of pyridine rings is 1. The Morgan fingerprint density at radius 2 is 1.88 bits per heavy atom. The van der Waals surface area contributed by atoms with Crippen molar-refractivity contribution in [1.82, 2.24) is 9.88 Å². The van der Waals surface area contributed by atoms with Crippen LogP contribution in [0.4, 0.5) is 5.69 Å². The fraction of sp³-hybridized carbons (Fsp3) is 0.160. The molecule has 0 radical (unpaired) electrons. The summed E-state index contributed by atoms with van der Waals surface area (Å²) in [5.41, 5.74) is 2.41. The highest BCUT2D eigenvalue weighted by Crippen LogP contribution is 2.23. The molecule has 2 heterocycles. The lowest BCUT2D eigenvalue weighted by molar-refractivity contribution is -0.120. The van der Waals surface area contributed by atoms with Crippen LogP contribution in [-0.4, -0.2) is 48.4 Å². The van der Waals surface area contributed by atoms with Crippen LogP contribution in [0.25, 0.3) is 0 Å². The molecule has 3 aromatic rings. The highest BCUT2D eigenvalue weighted by molar-refractivity contribution is 6.30. The van der Waals surface area contributed by atoms with Gasteiger partial charge in [0.15, 0.2) is 0 Å². The zero-order valence-electron chi connectivity index (χ0n) is 17.4. The van der Waals surface area contributed by atoms with Crippen molar-refractivity contribution in [3.63, 3.8) is 0 Å². The van der Waals surface area contributed by atoms with Gasteiger partial charge in [-0.15, -0.1) is 0 Å². The molecule has 1 aliphatic rings. The largest absolute Gasteiger partial charge is 0.495 e. The minimum atomic E-state index is -0.224. The molecule has 0 bridgehead atoms. The Morgan fingerprint density at radius 3 is 2.56 bits per heavy atom. The van der Waals surface area contributed by atoms with Crippen molar-refractivity contribution in [3.05, 3.63) is 88.7 Å². The van der Waals surface area contributed by atoms with Gasteiger partial charge in [0.2, 0.25) is 5.91 Å². The minimum absolute atomic E-state index is 0.00242. The van der Waals surface area contributed by atoms with Crippen LogP contribution < -0.4 is 9.64 Å². The Balaban J connectivity index is 1.52. The lowest BCUT2D eigenvalue weighted by Gasteiger charge is -2.34. The van der Waals surface area contributed by atoms with Gasteiger partial charge in [0.05, 0.1) is 12.7 Å². The van der Waals surface area contributed by atoms with Gasteiger partial charge in [0.1, 0.15) is 18.0 Å². The number of nitrogens with zero attached hydrogens (tertiary/aromatic N) is 3. The number of hydrogen-bond donors (Lipinski definition) is 0. The second-order valence-corrected chi connectivity index (χ2v) is 7.56. The van der Waals surface area contributed by atoms with Gasteiger partial charge < -0.3 is 14.5 Å². The normalized spacial score (nSPS) is 13.4. The highest BCUT2D eigenvalue weighted by atomic mass is 35.5. The Kier molecular flexibility index (Phi) is 6.39. The van der Waals surface area contributed by atoms with Gasteiger partial charge in [-0.1, -0.05) is 23.6 Å². The number of carbonyl (C=O) groups excluding carboxylic acids is 2. The van der Waals surface area contributed by atoms with E-state index in [1.54, 1.807) is 71.6 Å². The summed E-state index contributed by atoms with van der Waals surface area (Å²) in [6.07, 6.45) is 1.67. The number of aromatic nitrogens is 1. The average molecular weight is 446 g/mol. The second kappa shape index (κ2) is 9.54. The van der Waals surface area contributed by atoms with Crippen molar-refractivity contribution in [2.45, 2.75) is 0 Å². The maximum atomic E-state index is 13.1. The monoisotopic (exact) mass is 445 g/mol. The number of amides is 2. The van der Waals surface area contributed by atoms with Gasteiger partial charge in [-0.25, -0.2) is 4.98 Å². The first-order chi connectivity index (χ1) is 15.5. The standard InChI is InChI=1S/C25H20ClN3O3/c1-32-23-12-6-19(16-18(23)5-9-21-4-2-3-13-27-21)25(31)28-14-15-29(24(30)17-28)22-10-7-20(26)8-11-22/h2-4,6-8,10-13,16H,14-15,17H2,1H3. The molecule has 0 unspecified atom stereocenters. The molecule has 0 saturated carbocycles. The van der Waals surface area contributed by atoms with Crippen LogP contribution in [0.15, 0.2) is 66.9 Å². The number of anilines is 1. The molecule has 0 spiro atoms. The van der Waals surface area contributed by atoms with Gasteiger partial charge in [0.25, 0.3) is 5.91 Å². The number of hydrogen-bond acceptors (Lipinski definition) is 4. The van der Waals surface area contributed by atoms with Crippen LogP contribution >= 0.6 is 11.6 Å². The number of halogens is 1. The quantitative estimate of drug-likeness (QED) is 0.577. The van der Waals surface area contributed by atoms with E-state index in [9.17, 15) is 9.59 Å². The smallest absolute Gasteiger partial charge is 0.254 e. The van der Waals surface area contributed by atoms with Crippen molar-refractivity contribution in [2.75, 3.05) is 31.6 Å². The van der Waals surface area contributed by atoms with E-state index in [2.05, 4.69) is 16.8 Å². The van der Waals surface area contributed by atoms with Crippen molar-refractivity contribution < 1.29 is 14.3 Å². The Hall–Kier alpha value is -3.82. The number of rotatable bonds is 3. The van der Waals surface area contributed by atoms with Crippen LogP contribution in [0.3, 0.4) is 0 Å². The molecule has 2 amide bonds. The molecule has 0 atom stereocenters. The molecule has 1 aromatic heterocycles. The van der Waals surface area contributed by atoms with Crippen LogP contribution in [0.5, 0.6) is 5.75 Å². The third-order valence-electron chi connectivity index (χ3n) is 5.08. The predicted molar refractivity (Wildman–Crippen MR) is 123 cm³/mol. The van der Waals surface area contributed by atoms with E-state index < -0.39 is 0 Å². The molecular weight excluding hydrogens is 426 g/mol. The molecular formula is C25H20ClN3O3. The summed E-state index contributed by atoms with van der Waals surface area (Å²) in [4.78, 5) is 33.2. The maximum absolute atomic E-state index is 13.1. The van der Waals surface area contributed by atoms with Crippen LogP contribution in [0, 0.1) is 11.8 Å². The summed E-state index contributed by atoms with van der Waals surface area (Å²) in [5.74, 6) is 6.20. The van der Waals surface area contributed by atoms with Crippen molar-refractivity contribution in [1.29, 1.82) is 0 Å². The molecule has 160 valence electrons. The van der Waals surface area contributed by atoms with E-state index in [0.29, 0.717) is 40.7 Å². The Labute approximate surface area is 191 Å². The number of piperazine rings is 1. The fourth-order valence-electron chi connectivity index (χ4n) is 3.43. The zero-order valence-corrected chi connectivity index (χ0v) is 18.2. The van der Waals surface area contributed by atoms with Crippen molar-refractivity contribution in [3.8, 4) is 17.6 Å². The summed E-state index contributed by atoms with van der Waals surface area (Å²) in [6.45, 7) is 0.839. The van der Waals surface area contributed by atoms with E-state index in [1.165, 1.54) is 0 Å². The fourth-order valence-corrected chi connectivity index (χ4v) is 3.56. The molecule has 4 rings (SSSR count). The summed E-state index contributed by atoms with van der Waals surface area (Å²) in [5, 5.41) is 0.608. The van der Waals surface area contributed by atoms with E-state index in [4.69, 9.17) is 16.3 Å². The van der Waals surface area contributed by atoms with Gasteiger partial charge in [-0.3, -0.25) is 9.59 Å². The molecule has 1 saturated heterocycles. The Morgan fingerprint density at radius 1 is 1.06 bits per heavy atom. The molecule has 0 N–H and O–H groups in total. The molecule has 7 heteroatoms. The topological polar surface area (TPSA) is 62.7 Å². The van der Waals surface area contributed by atoms with Crippen LogP contribution in [0.2, 0.25) is 5.02 Å². The average Bonchev–Trinajstić information content (AvgIpc) is 2.83. The third kappa shape index (κ3) is 4.74. The van der Waals surface area contributed by atoms with E-state index in [1.807, 2.05) is 12.1 Å². The van der Waals surface area contributed by atoms with Gasteiger partial charge in [-0.2, -0.15) is 0 Å². The summed E-state index contributed by atoms with van der Waals surface area (Å²) in [6, 6.07) is 17.6. The SMILES string of the molecule is COc1ccc(C(=O)N2CCN(c3ccc(Cl)cc3)C(=O)C2)cc1C#Cc1ccccn1. The number of methoxy groups -OCH3 is 1. The minimum Gasteiger partial charge on any atom is -0.495 e. The number of ether oxygens (including phenoxy) is 1. The maximum Gasteiger partial charge on any atom is 0.254 e. The third-order valence-corrected chi connectivity index (χ3v) is 5.33. The lowest BCUT2D eigenvalue weighted by atomic mass is 10.1. The first kappa shape index (κ1) is 21.4. The van der Waals surface area contributed by atoms with Gasteiger partial charge in [-0.05, 0) is 60.5 Å². The summed E-state index contributed by atoms with van der Waals surface area (Å²) >= 11 is 5.93. The van der Waals surface area contributed by atoms with Crippen molar-refractivity contribution >= 4 is 29.1 Å². The summed E-state index contributed by atoms with van der Waals surface area (Å²) in [7, 11) is 1.55. The lowest BCUT2D eigenvalue weighted by Crippen LogP contribution is -2.52. The molecule has 6 nitrogen and oxygen atoms in total. The predicted octanol–water partition coefficient (Wildman–Crippen LogP) is 3.63. The molecule has 2 aromatic carbocycles. The molecule has 0 aliphatic carbocycles. The number of carbonyl (C=O) groups is 2. The molecule has 32 heavy (non-hydrogen) atoms.